The number of nitrogens with zero attached hydrogens (tertiary/aromatic N) is 1. The van der Waals surface area contributed by atoms with Crippen molar-refractivity contribution >= 4 is 6.09 Å². The molecule has 248 valence electrons. The van der Waals surface area contributed by atoms with E-state index in [9.17, 15) is 4.79 Å². The lowest BCUT2D eigenvalue weighted by Crippen LogP contribution is -2.42. The van der Waals surface area contributed by atoms with Crippen molar-refractivity contribution in [2.75, 3.05) is 6.54 Å². The first-order valence-corrected chi connectivity index (χ1v) is 17.7. The fourth-order valence-corrected chi connectivity index (χ4v) is 8.01. The second-order valence-electron chi connectivity index (χ2n) is 15.5. The average Bonchev–Trinajstić information content (AvgIpc) is 3.72. The molecular weight excluding hydrogens is 574 g/mol. The molecular formula is C44H55NO2. The highest BCUT2D eigenvalue weighted by Crippen LogP contribution is 2.51. The zero-order valence-electron chi connectivity index (χ0n) is 29.7. The lowest BCUT2D eigenvalue weighted by atomic mass is 9.72. The zero-order valence-corrected chi connectivity index (χ0v) is 29.7. The van der Waals surface area contributed by atoms with E-state index in [0.29, 0.717) is 12.5 Å². The first-order chi connectivity index (χ1) is 22.4. The van der Waals surface area contributed by atoms with Crippen molar-refractivity contribution in [3.63, 3.8) is 0 Å². The van der Waals surface area contributed by atoms with Crippen LogP contribution in [-0.2, 0) is 15.6 Å². The van der Waals surface area contributed by atoms with Gasteiger partial charge in [-0.05, 0) is 86.5 Å². The van der Waals surface area contributed by atoms with Crippen molar-refractivity contribution in [1.82, 2.24) is 4.90 Å². The zero-order chi connectivity index (χ0) is 33.7. The summed E-state index contributed by atoms with van der Waals surface area (Å²) in [6.45, 7) is 15.5. The summed E-state index contributed by atoms with van der Waals surface area (Å²) in [6.07, 6.45) is 4.61. The van der Waals surface area contributed by atoms with Gasteiger partial charge < -0.3 is 9.64 Å². The van der Waals surface area contributed by atoms with Gasteiger partial charge in [0.05, 0.1) is 0 Å². The van der Waals surface area contributed by atoms with Gasteiger partial charge in [-0.25, -0.2) is 4.79 Å². The van der Waals surface area contributed by atoms with Crippen LogP contribution in [-0.4, -0.2) is 29.2 Å². The molecule has 0 N–H and O–H groups in total. The highest BCUT2D eigenvalue weighted by molar-refractivity contribution is 5.70. The second-order valence-corrected chi connectivity index (χ2v) is 15.5. The summed E-state index contributed by atoms with van der Waals surface area (Å²) in [4.78, 5) is 15.0. The van der Waals surface area contributed by atoms with Gasteiger partial charge in [-0.15, -0.1) is 0 Å². The van der Waals surface area contributed by atoms with Gasteiger partial charge in [0.2, 0.25) is 0 Å². The van der Waals surface area contributed by atoms with E-state index in [1.165, 1.54) is 41.5 Å². The normalized spacial score (nSPS) is 20.1. The van der Waals surface area contributed by atoms with Gasteiger partial charge in [0.25, 0.3) is 0 Å². The third kappa shape index (κ3) is 7.67. The summed E-state index contributed by atoms with van der Waals surface area (Å²) in [6, 6.07) is 43.5. The summed E-state index contributed by atoms with van der Waals surface area (Å²) >= 11 is 0. The minimum Gasteiger partial charge on any atom is -0.444 e. The lowest BCUT2D eigenvalue weighted by Gasteiger charge is -2.31. The Morgan fingerprint density at radius 1 is 0.638 bits per heavy atom. The van der Waals surface area contributed by atoms with E-state index in [4.69, 9.17) is 4.74 Å². The van der Waals surface area contributed by atoms with Crippen LogP contribution >= 0.6 is 0 Å². The minimum atomic E-state index is -0.497. The van der Waals surface area contributed by atoms with Crippen molar-refractivity contribution in [3.8, 4) is 0 Å². The molecule has 3 nitrogen and oxygen atoms in total. The maximum atomic E-state index is 13.0. The van der Waals surface area contributed by atoms with Crippen molar-refractivity contribution < 1.29 is 9.53 Å². The number of hydrogen-bond donors (Lipinski definition) is 0. The summed E-state index contributed by atoms with van der Waals surface area (Å²) in [7, 11) is 0. The number of rotatable bonds is 6. The molecule has 0 aromatic heterocycles. The Kier molecular flexibility index (Phi) is 10.6. The largest absolute Gasteiger partial charge is 0.444 e. The smallest absolute Gasteiger partial charge is 0.410 e. The van der Waals surface area contributed by atoms with Crippen LogP contribution in [0.1, 0.15) is 96.4 Å². The fourth-order valence-electron chi connectivity index (χ4n) is 8.01. The van der Waals surface area contributed by atoms with E-state index >= 15 is 0 Å². The quantitative estimate of drug-likeness (QED) is 0.212. The molecule has 0 radical (unpaired) electrons. The number of benzene rings is 4. The van der Waals surface area contributed by atoms with Crippen molar-refractivity contribution in [2.45, 2.75) is 96.6 Å². The first kappa shape index (κ1) is 34.5. The lowest BCUT2D eigenvalue weighted by molar-refractivity contribution is 0.0185. The molecule has 0 bridgehead atoms. The SMILES string of the molecule is CC(C)C1CC(c2ccccc2)(c2ccccc2)CN1C(=O)OC(C)(C)C.CC(C)C1CCC(c2ccccc2)(c2ccccc2)C1. The predicted molar refractivity (Wildman–Crippen MR) is 196 cm³/mol. The Morgan fingerprint density at radius 2 is 1.04 bits per heavy atom. The molecule has 1 aliphatic heterocycles. The molecule has 1 aliphatic carbocycles. The number of ether oxygens (including phenoxy) is 1. The molecule has 6 rings (SSSR count). The molecule has 4 aromatic carbocycles. The Hall–Kier alpha value is -3.85. The van der Waals surface area contributed by atoms with E-state index in [1.807, 2.05) is 37.8 Å². The number of likely N-dealkylation sites (tertiary alicyclic amines) is 1. The maximum absolute atomic E-state index is 13.0. The highest BCUT2D eigenvalue weighted by Gasteiger charge is 2.50. The molecule has 0 spiro atoms. The van der Waals surface area contributed by atoms with Crippen LogP contribution in [0.3, 0.4) is 0 Å². The van der Waals surface area contributed by atoms with Crippen molar-refractivity contribution in [1.29, 1.82) is 0 Å². The topological polar surface area (TPSA) is 29.5 Å². The van der Waals surface area contributed by atoms with Gasteiger partial charge in [0.1, 0.15) is 5.60 Å². The van der Waals surface area contributed by atoms with Crippen LogP contribution in [0.5, 0.6) is 0 Å². The number of carbonyl (C=O) groups excluding carboxylic acids is 1. The van der Waals surface area contributed by atoms with Gasteiger partial charge in [-0.3, -0.25) is 0 Å². The summed E-state index contributed by atoms with van der Waals surface area (Å²) < 4.78 is 5.75. The molecule has 47 heavy (non-hydrogen) atoms. The standard InChI is InChI=1S/C24H31NO2.C20H24/c1-18(2)21-16-24(19-12-8-6-9-13-19,20-14-10-7-11-15-20)17-25(21)22(26)27-23(3,4)5;1-16(2)17-13-14-20(15-17,18-9-5-3-6-10-18)19-11-7-4-8-12-19/h6-15,18,21H,16-17H2,1-5H3;3-12,16-17H,13-15H2,1-2H3. The van der Waals surface area contributed by atoms with Gasteiger partial charge in [-0.2, -0.15) is 0 Å². The monoisotopic (exact) mass is 629 g/mol. The predicted octanol–water partition coefficient (Wildman–Crippen LogP) is 11.1. The van der Waals surface area contributed by atoms with Crippen LogP contribution in [0.25, 0.3) is 0 Å². The summed E-state index contributed by atoms with van der Waals surface area (Å²) in [5.41, 5.74) is 5.03. The minimum absolute atomic E-state index is 0.139. The number of carbonyl (C=O) groups is 1. The van der Waals surface area contributed by atoms with E-state index in [1.54, 1.807) is 0 Å². The van der Waals surface area contributed by atoms with Crippen LogP contribution in [0.15, 0.2) is 121 Å². The van der Waals surface area contributed by atoms with E-state index in [0.717, 1.165) is 18.3 Å². The molecule has 1 amide bonds. The molecule has 2 atom stereocenters. The number of amides is 1. The molecule has 2 unspecified atom stereocenters. The van der Waals surface area contributed by atoms with Crippen molar-refractivity contribution in [2.24, 2.45) is 17.8 Å². The molecule has 4 aromatic rings. The van der Waals surface area contributed by atoms with Crippen LogP contribution in [0.2, 0.25) is 0 Å². The van der Waals surface area contributed by atoms with E-state index in [2.05, 4.69) is 137 Å². The first-order valence-electron chi connectivity index (χ1n) is 17.7. The van der Waals surface area contributed by atoms with Crippen LogP contribution in [0, 0.1) is 17.8 Å². The van der Waals surface area contributed by atoms with Crippen LogP contribution < -0.4 is 0 Å². The van der Waals surface area contributed by atoms with Crippen LogP contribution in [0.4, 0.5) is 4.79 Å². The molecule has 1 saturated heterocycles. The van der Waals surface area contributed by atoms with Gasteiger partial charge in [0.15, 0.2) is 0 Å². The third-order valence-electron chi connectivity index (χ3n) is 10.6. The Labute approximate surface area is 284 Å². The Morgan fingerprint density at radius 3 is 1.38 bits per heavy atom. The highest BCUT2D eigenvalue weighted by atomic mass is 16.6. The third-order valence-corrected chi connectivity index (χ3v) is 10.6. The van der Waals surface area contributed by atoms with E-state index < -0.39 is 5.60 Å². The maximum Gasteiger partial charge on any atom is 0.410 e. The van der Waals surface area contributed by atoms with Gasteiger partial charge in [0, 0.05) is 23.4 Å². The van der Waals surface area contributed by atoms with Gasteiger partial charge >= 0.3 is 6.09 Å². The molecule has 1 heterocycles. The van der Waals surface area contributed by atoms with Gasteiger partial charge in [-0.1, -0.05) is 149 Å². The average molecular weight is 630 g/mol. The molecule has 2 aliphatic rings. The molecule has 3 heteroatoms. The van der Waals surface area contributed by atoms with Crippen molar-refractivity contribution in [3.05, 3.63) is 144 Å². The summed E-state index contributed by atoms with van der Waals surface area (Å²) in [5, 5.41) is 0. The number of hydrogen-bond acceptors (Lipinski definition) is 2. The molecule has 1 saturated carbocycles. The molecule has 2 fully saturated rings. The summed E-state index contributed by atoms with van der Waals surface area (Å²) in [5.74, 6) is 1.98. The Bertz CT molecular complexity index is 1460. The van der Waals surface area contributed by atoms with E-state index in [-0.39, 0.29) is 23.0 Å². The fraction of sp³-hybridized carbons (Fsp3) is 0.432. The Balaban J connectivity index is 0.000000193. The second kappa shape index (κ2) is 14.5.